The summed E-state index contributed by atoms with van der Waals surface area (Å²) in [4.78, 5) is 22.5. The van der Waals surface area contributed by atoms with Crippen molar-refractivity contribution in [2.24, 2.45) is 0 Å². The molecule has 0 heterocycles. The van der Waals surface area contributed by atoms with E-state index in [9.17, 15) is 9.59 Å². The van der Waals surface area contributed by atoms with Crippen LogP contribution in [0.25, 0.3) is 0 Å². The van der Waals surface area contributed by atoms with E-state index in [4.69, 9.17) is 23.2 Å². The Kier molecular flexibility index (Phi) is 5.25. The predicted molar refractivity (Wildman–Crippen MR) is 68.7 cm³/mol. The number of halogens is 2. The van der Waals surface area contributed by atoms with E-state index < -0.39 is 11.9 Å². The highest BCUT2D eigenvalue weighted by Crippen LogP contribution is 2.22. The second kappa shape index (κ2) is 6.47. The molecular weight excluding hydrogens is 263 g/mol. The number of hydrogen-bond donors (Lipinski definition) is 2. The number of aryl methyl sites for hydroxylation is 1. The summed E-state index contributed by atoms with van der Waals surface area (Å²) in [5.74, 6) is -0.258. The Morgan fingerprint density at radius 2 is 2.06 bits per heavy atom. The van der Waals surface area contributed by atoms with Crippen LogP contribution in [0.2, 0.25) is 5.02 Å². The lowest BCUT2D eigenvalue weighted by Crippen LogP contribution is -2.34. The van der Waals surface area contributed by atoms with Gasteiger partial charge in [-0.2, -0.15) is 0 Å². The number of urea groups is 1. The second-order valence-corrected chi connectivity index (χ2v) is 4.21. The predicted octanol–water partition coefficient (Wildman–Crippen LogP) is 2.93. The zero-order valence-electron chi connectivity index (χ0n) is 9.22. The number of alkyl halides is 1. The van der Waals surface area contributed by atoms with Gasteiger partial charge in [0.1, 0.15) is 0 Å². The van der Waals surface area contributed by atoms with E-state index in [0.29, 0.717) is 10.7 Å². The molecule has 0 fully saturated rings. The maximum absolute atomic E-state index is 11.4. The van der Waals surface area contributed by atoms with E-state index in [1.54, 1.807) is 12.1 Å². The molecule has 0 aliphatic heterocycles. The van der Waals surface area contributed by atoms with Crippen LogP contribution in [0.4, 0.5) is 10.5 Å². The van der Waals surface area contributed by atoms with Crippen molar-refractivity contribution in [3.63, 3.8) is 0 Å². The molecule has 0 spiro atoms. The van der Waals surface area contributed by atoms with Gasteiger partial charge in [0.05, 0.1) is 10.7 Å². The van der Waals surface area contributed by atoms with Crippen molar-refractivity contribution in [2.45, 2.75) is 13.3 Å². The molecule has 0 aromatic heterocycles. The number of hydrogen-bond acceptors (Lipinski definition) is 2. The van der Waals surface area contributed by atoms with Crippen molar-refractivity contribution < 1.29 is 9.59 Å². The highest BCUT2D eigenvalue weighted by atomic mass is 35.5. The molecule has 1 rings (SSSR count). The average Bonchev–Trinajstić information content (AvgIpc) is 2.23. The number of imide groups is 1. The van der Waals surface area contributed by atoms with E-state index in [1.165, 1.54) is 0 Å². The Bertz CT molecular complexity index is 435. The molecule has 0 aliphatic rings. The maximum Gasteiger partial charge on any atom is 0.325 e. The lowest BCUT2D eigenvalue weighted by atomic mass is 10.2. The van der Waals surface area contributed by atoms with Crippen molar-refractivity contribution in [3.05, 3.63) is 28.8 Å². The third kappa shape index (κ3) is 4.63. The molecule has 0 radical (unpaired) electrons. The molecule has 17 heavy (non-hydrogen) atoms. The van der Waals surface area contributed by atoms with Gasteiger partial charge in [0.15, 0.2) is 0 Å². The summed E-state index contributed by atoms with van der Waals surface area (Å²) >= 11 is 11.3. The van der Waals surface area contributed by atoms with Crippen LogP contribution in [0.5, 0.6) is 0 Å². The molecule has 0 atom stereocenters. The van der Waals surface area contributed by atoms with Crippen molar-refractivity contribution in [3.8, 4) is 0 Å². The molecule has 0 aliphatic carbocycles. The quantitative estimate of drug-likeness (QED) is 0.833. The van der Waals surface area contributed by atoms with Gasteiger partial charge in [-0.15, -0.1) is 11.6 Å². The van der Waals surface area contributed by atoms with Crippen molar-refractivity contribution in [1.29, 1.82) is 0 Å². The van der Waals surface area contributed by atoms with Crippen LogP contribution in [-0.2, 0) is 4.79 Å². The van der Waals surface area contributed by atoms with E-state index in [-0.39, 0.29) is 12.3 Å². The third-order valence-electron chi connectivity index (χ3n) is 1.94. The largest absolute Gasteiger partial charge is 0.325 e. The summed E-state index contributed by atoms with van der Waals surface area (Å²) < 4.78 is 0. The molecule has 0 saturated carbocycles. The van der Waals surface area contributed by atoms with Gasteiger partial charge in [-0.1, -0.05) is 17.7 Å². The van der Waals surface area contributed by atoms with E-state index >= 15 is 0 Å². The van der Waals surface area contributed by atoms with Crippen LogP contribution in [-0.4, -0.2) is 17.8 Å². The summed E-state index contributed by atoms with van der Waals surface area (Å²) in [7, 11) is 0. The van der Waals surface area contributed by atoms with E-state index in [2.05, 4.69) is 10.6 Å². The Morgan fingerprint density at radius 1 is 1.35 bits per heavy atom. The van der Waals surface area contributed by atoms with Gasteiger partial charge in [-0.05, 0) is 24.6 Å². The minimum Gasteiger partial charge on any atom is -0.306 e. The first-order chi connectivity index (χ1) is 8.02. The third-order valence-corrected chi connectivity index (χ3v) is 2.46. The number of rotatable bonds is 3. The fourth-order valence-electron chi connectivity index (χ4n) is 1.16. The maximum atomic E-state index is 11.4. The molecule has 0 saturated heterocycles. The summed E-state index contributed by atoms with van der Waals surface area (Å²) in [6.07, 6.45) is 0.0938. The van der Waals surface area contributed by atoms with Crippen molar-refractivity contribution in [1.82, 2.24) is 5.32 Å². The number of benzene rings is 1. The van der Waals surface area contributed by atoms with Gasteiger partial charge in [0, 0.05) is 12.3 Å². The number of nitrogens with one attached hydrogen (secondary N) is 2. The first-order valence-corrected chi connectivity index (χ1v) is 5.87. The van der Waals surface area contributed by atoms with Crippen LogP contribution in [0, 0.1) is 6.92 Å². The van der Waals surface area contributed by atoms with Crippen LogP contribution in [0.1, 0.15) is 12.0 Å². The number of anilines is 1. The highest BCUT2D eigenvalue weighted by Gasteiger charge is 2.09. The van der Waals surface area contributed by atoms with Crippen molar-refractivity contribution in [2.75, 3.05) is 11.2 Å². The van der Waals surface area contributed by atoms with Crippen LogP contribution >= 0.6 is 23.2 Å². The monoisotopic (exact) mass is 274 g/mol. The molecule has 1 aromatic rings. The molecule has 0 unspecified atom stereocenters. The fraction of sp³-hybridized carbons (Fsp3) is 0.273. The van der Waals surface area contributed by atoms with E-state index in [1.807, 2.05) is 13.0 Å². The Morgan fingerprint density at radius 3 is 2.71 bits per heavy atom. The van der Waals surface area contributed by atoms with Gasteiger partial charge in [0.2, 0.25) is 5.91 Å². The first-order valence-electron chi connectivity index (χ1n) is 4.96. The summed E-state index contributed by atoms with van der Waals surface area (Å²) in [5, 5.41) is 5.05. The van der Waals surface area contributed by atoms with Crippen molar-refractivity contribution >= 4 is 40.8 Å². The van der Waals surface area contributed by atoms with Gasteiger partial charge < -0.3 is 5.32 Å². The molecule has 1 aromatic carbocycles. The lowest BCUT2D eigenvalue weighted by molar-refractivity contribution is -0.119. The Balaban J connectivity index is 2.62. The van der Waals surface area contributed by atoms with Gasteiger partial charge in [-0.3, -0.25) is 10.1 Å². The van der Waals surface area contributed by atoms with Gasteiger partial charge >= 0.3 is 6.03 Å². The number of amides is 3. The second-order valence-electron chi connectivity index (χ2n) is 3.42. The summed E-state index contributed by atoms with van der Waals surface area (Å²) in [5.41, 5.74) is 1.42. The zero-order valence-corrected chi connectivity index (χ0v) is 10.7. The summed E-state index contributed by atoms with van der Waals surface area (Å²) in [6.45, 7) is 1.87. The topological polar surface area (TPSA) is 58.2 Å². The molecule has 2 N–H and O–H groups in total. The van der Waals surface area contributed by atoms with Gasteiger partial charge in [0.25, 0.3) is 0 Å². The number of carbonyl (C=O) groups is 2. The molecule has 4 nitrogen and oxygen atoms in total. The minimum atomic E-state index is -0.618. The Labute approximate surface area is 109 Å². The van der Waals surface area contributed by atoms with E-state index in [0.717, 1.165) is 5.56 Å². The standard InChI is InChI=1S/C11H12Cl2N2O2/c1-7-2-3-8(13)9(6-7)14-11(17)15-10(16)4-5-12/h2-3,6H,4-5H2,1H3,(H2,14,15,16,17). The van der Waals surface area contributed by atoms with Crippen LogP contribution in [0.15, 0.2) is 18.2 Å². The molecule has 6 heteroatoms. The SMILES string of the molecule is Cc1ccc(Cl)c(NC(=O)NC(=O)CCCl)c1. The fourth-order valence-corrected chi connectivity index (χ4v) is 1.50. The smallest absolute Gasteiger partial charge is 0.306 e. The summed E-state index contributed by atoms with van der Waals surface area (Å²) in [6, 6.07) is 4.60. The molecule has 3 amide bonds. The minimum absolute atomic E-state index is 0.0938. The Hall–Kier alpha value is -1.26. The number of carbonyl (C=O) groups excluding carboxylic acids is 2. The molecule has 92 valence electrons. The highest BCUT2D eigenvalue weighted by molar-refractivity contribution is 6.33. The molecular formula is C11H12Cl2N2O2. The average molecular weight is 275 g/mol. The molecule has 0 bridgehead atoms. The zero-order chi connectivity index (χ0) is 12.8. The van der Waals surface area contributed by atoms with Gasteiger partial charge in [-0.25, -0.2) is 4.79 Å². The van der Waals surface area contributed by atoms with Crippen LogP contribution < -0.4 is 10.6 Å². The van der Waals surface area contributed by atoms with Crippen LogP contribution in [0.3, 0.4) is 0 Å². The normalized spacial score (nSPS) is 9.82. The lowest BCUT2D eigenvalue weighted by Gasteiger charge is -2.08. The first kappa shape index (κ1) is 13.8.